The largest absolute Gasteiger partial charge is 0.478 e. The van der Waals surface area contributed by atoms with Crippen LogP contribution in [0, 0.1) is 23.7 Å². The van der Waals surface area contributed by atoms with Gasteiger partial charge in [-0.2, -0.15) is 5.26 Å². The molecule has 6 heteroatoms. The molecule has 136 valence electrons. The first-order chi connectivity index (χ1) is 13.1. The number of carboxylic acids is 1. The molecule has 0 amide bonds. The van der Waals surface area contributed by atoms with Gasteiger partial charge in [0.15, 0.2) is 0 Å². The molecular formula is C21H19N3O2S. The summed E-state index contributed by atoms with van der Waals surface area (Å²) in [5.74, 6) is 1.58. The molecule has 0 unspecified atom stereocenters. The monoisotopic (exact) mass is 377 g/mol. The lowest BCUT2D eigenvalue weighted by molar-refractivity contribution is 0.0696. The zero-order valence-corrected chi connectivity index (χ0v) is 15.6. The minimum absolute atomic E-state index is 0.181. The molecule has 0 spiro atoms. The van der Waals surface area contributed by atoms with Crippen molar-refractivity contribution in [2.24, 2.45) is 0 Å². The second kappa shape index (κ2) is 8.53. The topological polar surface area (TPSA) is 76.4 Å². The summed E-state index contributed by atoms with van der Waals surface area (Å²) in [6, 6.07) is 12.4. The van der Waals surface area contributed by atoms with Crippen LogP contribution in [0.4, 0.5) is 11.4 Å². The Balaban J connectivity index is 1.89. The smallest absolute Gasteiger partial charge is 0.335 e. The van der Waals surface area contributed by atoms with Gasteiger partial charge in [0.05, 0.1) is 28.6 Å². The Labute approximate surface area is 163 Å². The van der Waals surface area contributed by atoms with Crippen molar-refractivity contribution in [3.8, 4) is 18.4 Å². The molecule has 0 bridgehead atoms. The van der Waals surface area contributed by atoms with Crippen molar-refractivity contribution in [2.45, 2.75) is 24.2 Å². The summed E-state index contributed by atoms with van der Waals surface area (Å²) >= 11 is 1.26. The average molecular weight is 377 g/mol. The predicted molar refractivity (Wildman–Crippen MR) is 108 cm³/mol. The molecule has 1 heterocycles. The SMILES string of the molecule is C#Cc1ccc(C(=O)O)cc1SNc1cc(C#N)ccc1N1CCCCC1. The summed E-state index contributed by atoms with van der Waals surface area (Å²) in [5, 5.41) is 18.5. The van der Waals surface area contributed by atoms with Crippen LogP contribution in [0.2, 0.25) is 0 Å². The summed E-state index contributed by atoms with van der Waals surface area (Å²) in [6.07, 6.45) is 9.08. The van der Waals surface area contributed by atoms with Crippen molar-refractivity contribution in [1.29, 1.82) is 5.26 Å². The lowest BCUT2D eigenvalue weighted by Gasteiger charge is -2.30. The van der Waals surface area contributed by atoms with E-state index in [0.717, 1.165) is 37.3 Å². The number of hydrogen-bond acceptors (Lipinski definition) is 5. The molecule has 1 saturated heterocycles. The summed E-state index contributed by atoms with van der Waals surface area (Å²) in [5.41, 5.74) is 3.23. The number of rotatable bonds is 5. The van der Waals surface area contributed by atoms with Gasteiger partial charge in [0.2, 0.25) is 0 Å². The summed E-state index contributed by atoms with van der Waals surface area (Å²) in [6.45, 7) is 1.96. The summed E-state index contributed by atoms with van der Waals surface area (Å²) < 4.78 is 3.28. The Morgan fingerprint density at radius 1 is 1.19 bits per heavy atom. The molecule has 5 nitrogen and oxygen atoms in total. The number of nitrogens with zero attached hydrogens (tertiary/aromatic N) is 2. The molecule has 1 aliphatic heterocycles. The van der Waals surface area contributed by atoms with Crippen LogP contribution in [0.25, 0.3) is 0 Å². The van der Waals surface area contributed by atoms with E-state index < -0.39 is 5.97 Å². The van der Waals surface area contributed by atoms with E-state index in [1.165, 1.54) is 24.4 Å². The van der Waals surface area contributed by atoms with E-state index in [-0.39, 0.29) is 5.56 Å². The number of piperidine rings is 1. The van der Waals surface area contributed by atoms with Gasteiger partial charge in [0, 0.05) is 23.5 Å². The average Bonchev–Trinajstić information content (AvgIpc) is 2.72. The maximum atomic E-state index is 11.2. The van der Waals surface area contributed by atoms with Crippen molar-refractivity contribution in [1.82, 2.24) is 0 Å². The van der Waals surface area contributed by atoms with E-state index in [2.05, 4.69) is 21.6 Å². The Morgan fingerprint density at radius 2 is 1.96 bits per heavy atom. The maximum absolute atomic E-state index is 11.2. The van der Waals surface area contributed by atoms with Crippen LogP contribution in [0.3, 0.4) is 0 Å². The number of nitriles is 1. The van der Waals surface area contributed by atoms with Crippen molar-refractivity contribution >= 4 is 29.3 Å². The molecule has 0 atom stereocenters. The van der Waals surface area contributed by atoms with E-state index >= 15 is 0 Å². The van der Waals surface area contributed by atoms with Crippen molar-refractivity contribution in [3.05, 3.63) is 53.1 Å². The van der Waals surface area contributed by atoms with Crippen LogP contribution in [0.15, 0.2) is 41.3 Å². The van der Waals surface area contributed by atoms with E-state index in [1.807, 2.05) is 18.2 Å². The molecule has 2 aromatic carbocycles. The van der Waals surface area contributed by atoms with Gasteiger partial charge in [-0.1, -0.05) is 5.92 Å². The second-order valence-electron chi connectivity index (χ2n) is 6.26. The number of aromatic carboxylic acids is 1. The standard InChI is InChI=1S/C21H19N3O2S/c1-2-16-7-8-17(21(25)26)13-20(16)27-23-18-12-15(14-22)6-9-19(18)24-10-4-3-5-11-24/h1,6-9,12-13,23H,3-5,10-11H2,(H,25,26). The van der Waals surface area contributed by atoms with E-state index in [4.69, 9.17) is 6.42 Å². The van der Waals surface area contributed by atoms with Gasteiger partial charge >= 0.3 is 5.97 Å². The minimum atomic E-state index is -0.999. The van der Waals surface area contributed by atoms with Gasteiger partial charge in [-0.15, -0.1) is 6.42 Å². The van der Waals surface area contributed by atoms with Crippen molar-refractivity contribution < 1.29 is 9.90 Å². The van der Waals surface area contributed by atoms with Crippen LogP contribution in [0.5, 0.6) is 0 Å². The molecule has 0 aromatic heterocycles. The Bertz CT molecular complexity index is 937. The number of nitrogens with one attached hydrogen (secondary N) is 1. The van der Waals surface area contributed by atoms with Gasteiger partial charge in [-0.05, 0) is 67.6 Å². The molecule has 2 aromatic rings. The van der Waals surface area contributed by atoms with Gasteiger partial charge in [0.25, 0.3) is 0 Å². The number of carboxylic acid groups (broad SMARTS) is 1. The highest BCUT2D eigenvalue weighted by atomic mass is 32.2. The van der Waals surface area contributed by atoms with Gasteiger partial charge in [0.1, 0.15) is 0 Å². The van der Waals surface area contributed by atoms with Crippen LogP contribution in [0.1, 0.15) is 40.7 Å². The summed E-state index contributed by atoms with van der Waals surface area (Å²) in [7, 11) is 0. The fourth-order valence-electron chi connectivity index (χ4n) is 3.07. The Morgan fingerprint density at radius 3 is 2.63 bits per heavy atom. The lowest BCUT2D eigenvalue weighted by Crippen LogP contribution is -2.29. The first-order valence-electron chi connectivity index (χ1n) is 8.68. The summed E-state index contributed by atoms with van der Waals surface area (Å²) in [4.78, 5) is 14.2. The number of anilines is 2. The number of hydrogen-bond donors (Lipinski definition) is 2. The van der Waals surface area contributed by atoms with E-state index in [0.29, 0.717) is 16.0 Å². The van der Waals surface area contributed by atoms with Crippen LogP contribution in [-0.4, -0.2) is 24.2 Å². The highest BCUT2D eigenvalue weighted by Crippen LogP contribution is 2.34. The highest BCUT2D eigenvalue weighted by molar-refractivity contribution is 8.00. The maximum Gasteiger partial charge on any atom is 0.335 e. The molecule has 0 saturated carbocycles. The molecule has 27 heavy (non-hydrogen) atoms. The third-order valence-corrected chi connectivity index (χ3v) is 5.36. The minimum Gasteiger partial charge on any atom is -0.478 e. The van der Waals surface area contributed by atoms with Crippen LogP contribution < -0.4 is 9.62 Å². The number of carbonyl (C=O) groups is 1. The Kier molecular flexibility index (Phi) is 5.90. The van der Waals surface area contributed by atoms with Gasteiger partial charge in [-0.25, -0.2) is 4.79 Å². The second-order valence-corrected chi connectivity index (χ2v) is 7.10. The van der Waals surface area contributed by atoms with Crippen molar-refractivity contribution in [3.63, 3.8) is 0 Å². The molecule has 3 rings (SSSR count). The third kappa shape index (κ3) is 4.36. The van der Waals surface area contributed by atoms with Gasteiger partial charge < -0.3 is 14.7 Å². The van der Waals surface area contributed by atoms with Crippen LogP contribution in [-0.2, 0) is 0 Å². The third-order valence-electron chi connectivity index (χ3n) is 4.48. The first kappa shape index (κ1) is 18.7. The lowest BCUT2D eigenvalue weighted by atomic mass is 10.1. The fraction of sp³-hybridized carbons (Fsp3) is 0.238. The van der Waals surface area contributed by atoms with Gasteiger partial charge in [-0.3, -0.25) is 0 Å². The normalized spacial score (nSPS) is 13.5. The molecule has 0 radical (unpaired) electrons. The molecule has 2 N–H and O–H groups in total. The number of terminal acetylenes is 1. The fourth-order valence-corrected chi connectivity index (χ4v) is 3.87. The highest BCUT2D eigenvalue weighted by Gasteiger charge is 2.16. The molecule has 1 fully saturated rings. The molecule has 1 aliphatic rings. The predicted octanol–water partition coefficient (Wildman–Crippen LogP) is 4.35. The quantitative estimate of drug-likeness (QED) is 0.596. The first-order valence-corrected chi connectivity index (χ1v) is 9.50. The van der Waals surface area contributed by atoms with E-state index in [1.54, 1.807) is 12.1 Å². The van der Waals surface area contributed by atoms with Crippen LogP contribution >= 0.6 is 11.9 Å². The molecule has 0 aliphatic carbocycles. The number of benzene rings is 2. The van der Waals surface area contributed by atoms with E-state index in [9.17, 15) is 15.2 Å². The molecular weight excluding hydrogens is 358 g/mol. The van der Waals surface area contributed by atoms with Crippen molar-refractivity contribution in [2.75, 3.05) is 22.7 Å². The zero-order chi connectivity index (χ0) is 19.2. The zero-order valence-electron chi connectivity index (χ0n) is 14.7. The Hall–Kier alpha value is -3.09.